The van der Waals surface area contributed by atoms with Crippen molar-refractivity contribution in [2.75, 3.05) is 6.61 Å². The molecule has 78 valence electrons. The highest BCUT2D eigenvalue weighted by atomic mass is 32.2. The van der Waals surface area contributed by atoms with Crippen LogP contribution in [0.1, 0.15) is 13.8 Å². The first kappa shape index (κ1) is 11.3. The van der Waals surface area contributed by atoms with Crippen LogP contribution in [0, 0.1) is 0 Å². The summed E-state index contributed by atoms with van der Waals surface area (Å²) in [6.45, 7) is 3.48. The van der Waals surface area contributed by atoms with Crippen molar-refractivity contribution in [1.29, 1.82) is 0 Å². The fraction of sp³-hybridized carbons (Fsp3) is 0.500. The Bertz CT molecular complexity index is 269. The number of rotatable bonds is 3. The maximum absolute atomic E-state index is 11.4. The molecular weight excluding hydrogens is 200 g/mol. The van der Waals surface area contributed by atoms with E-state index in [4.69, 9.17) is 4.74 Å². The van der Waals surface area contributed by atoms with Gasteiger partial charge in [-0.2, -0.15) is 0 Å². The van der Waals surface area contributed by atoms with Gasteiger partial charge in [-0.3, -0.25) is 0 Å². The third kappa shape index (κ3) is 2.39. The molecule has 1 unspecified atom stereocenters. The predicted octanol–water partition coefficient (Wildman–Crippen LogP) is 1.49. The summed E-state index contributed by atoms with van der Waals surface area (Å²) in [6.07, 6.45) is 5.47. The molecule has 3 nitrogen and oxygen atoms in total. The molecule has 1 rings (SSSR count). The molecule has 4 heteroatoms. The first-order valence-corrected chi connectivity index (χ1v) is 5.41. The standard InChI is InChI=1S/C10H14O3S/c1-3-13-9(11)10(2,12)8-6-4-5-7-14-8/h4-8,12H,3H2,1-2H3/t8?,10-/m1/s1. The second-order valence-electron chi connectivity index (χ2n) is 3.14. The first-order valence-electron chi connectivity index (χ1n) is 4.47. The molecule has 1 N–H and O–H groups in total. The topological polar surface area (TPSA) is 46.5 Å². The van der Waals surface area contributed by atoms with Gasteiger partial charge in [0.25, 0.3) is 0 Å². The van der Waals surface area contributed by atoms with Crippen molar-refractivity contribution >= 4 is 17.7 Å². The van der Waals surface area contributed by atoms with Crippen LogP contribution in [0.3, 0.4) is 0 Å². The number of carbonyl (C=O) groups is 1. The lowest BCUT2D eigenvalue weighted by Gasteiger charge is -2.28. The molecule has 0 fully saturated rings. The molecule has 0 spiro atoms. The molecule has 14 heavy (non-hydrogen) atoms. The van der Waals surface area contributed by atoms with Crippen LogP contribution in [0.15, 0.2) is 23.6 Å². The maximum atomic E-state index is 11.4. The van der Waals surface area contributed by atoms with Crippen molar-refractivity contribution < 1.29 is 14.6 Å². The van der Waals surface area contributed by atoms with E-state index >= 15 is 0 Å². The van der Waals surface area contributed by atoms with Gasteiger partial charge in [0.2, 0.25) is 0 Å². The second kappa shape index (κ2) is 4.66. The van der Waals surface area contributed by atoms with E-state index in [0.29, 0.717) is 0 Å². The molecule has 1 aliphatic rings. The largest absolute Gasteiger partial charge is 0.464 e. The molecular formula is C10H14O3S. The van der Waals surface area contributed by atoms with Gasteiger partial charge in [0.15, 0.2) is 5.60 Å². The van der Waals surface area contributed by atoms with Crippen LogP contribution in [-0.4, -0.2) is 28.5 Å². The van der Waals surface area contributed by atoms with E-state index in [1.165, 1.54) is 18.7 Å². The van der Waals surface area contributed by atoms with Crippen molar-refractivity contribution in [2.24, 2.45) is 0 Å². The van der Waals surface area contributed by atoms with Crippen LogP contribution in [0.25, 0.3) is 0 Å². The second-order valence-corrected chi connectivity index (χ2v) is 4.19. The number of ether oxygens (including phenoxy) is 1. The third-order valence-corrected chi connectivity index (χ3v) is 3.17. The molecule has 0 saturated carbocycles. The van der Waals surface area contributed by atoms with Gasteiger partial charge in [0.1, 0.15) is 0 Å². The van der Waals surface area contributed by atoms with Crippen LogP contribution >= 0.6 is 11.8 Å². The minimum absolute atomic E-state index is 0.272. The van der Waals surface area contributed by atoms with E-state index < -0.39 is 11.6 Å². The van der Waals surface area contributed by atoms with Gasteiger partial charge in [-0.15, -0.1) is 11.8 Å². The van der Waals surface area contributed by atoms with Gasteiger partial charge in [-0.25, -0.2) is 4.79 Å². The lowest BCUT2D eigenvalue weighted by molar-refractivity contribution is -0.162. The highest BCUT2D eigenvalue weighted by Gasteiger charge is 2.39. The van der Waals surface area contributed by atoms with E-state index in [0.717, 1.165) is 0 Å². The molecule has 0 aromatic carbocycles. The molecule has 0 amide bonds. The summed E-state index contributed by atoms with van der Waals surface area (Å²) >= 11 is 1.41. The summed E-state index contributed by atoms with van der Waals surface area (Å²) in [5.41, 5.74) is -1.46. The lowest BCUT2D eigenvalue weighted by Crippen LogP contribution is -2.45. The Labute approximate surface area is 87.8 Å². The van der Waals surface area contributed by atoms with Gasteiger partial charge in [-0.1, -0.05) is 18.2 Å². The minimum Gasteiger partial charge on any atom is -0.464 e. The third-order valence-electron chi connectivity index (χ3n) is 1.94. The Balaban J connectivity index is 2.68. The van der Waals surface area contributed by atoms with Crippen LogP contribution in [0.5, 0.6) is 0 Å². The van der Waals surface area contributed by atoms with Gasteiger partial charge >= 0.3 is 5.97 Å². The lowest BCUT2D eigenvalue weighted by atomic mass is 10.0. The van der Waals surface area contributed by atoms with Crippen molar-refractivity contribution in [3.8, 4) is 0 Å². The highest BCUT2D eigenvalue weighted by Crippen LogP contribution is 2.29. The van der Waals surface area contributed by atoms with E-state index in [1.807, 2.05) is 17.6 Å². The van der Waals surface area contributed by atoms with Crippen LogP contribution in [0.4, 0.5) is 0 Å². The van der Waals surface area contributed by atoms with Crippen LogP contribution < -0.4 is 0 Å². The van der Waals surface area contributed by atoms with Gasteiger partial charge in [-0.05, 0) is 19.3 Å². The zero-order chi connectivity index (χ0) is 10.6. The zero-order valence-electron chi connectivity index (χ0n) is 8.27. The number of thioether (sulfide) groups is 1. The minimum atomic E-state index is -1.46. The summed E-state index contributed by atoms with van der Waals surface area (Å²) in [5, 5.41) is 11.5. The summed E-state index contributed by atoms with van der Waals surface area (Å²) in [5.74, 6) is -0.572. The first-order chi connectivity index (χ1) is 6.59. The Morgan fingerprint density at radius 3 is 2.86 bits per heavy atom. The highest BCUT2D eigenvalue weighted by molar-refractivity contribution is 8.03. The Kier molecular flexibility index (Phi) is 3.77. The monoisotopic (exact) mass is 214 g/mol. The molecule has 2 atom stereocenters. The number of esters is 1. The average Bonchev–Trinajstić information content (AvgIpc) is 2.19. The van der Waals surface area contributed by atoms with E-state index in [1.54, 1.807) is 13.0 Å². The number of aliphatic hydroxyl groups is 1. The molecule has 0 radical (unpaired) electrons. The fourth-order valence-electron chi connectivity index (χ4n) is 1.10. The van der Waals surface area contributed by atoms with Crippen LogP contribution in [-0.2, 0) is 9.53 Å². The number of hydrogen-bond donors (Lipinski definition) is 1. The molecule has 0 aromatic rings. The van der Waals surface area contributed by atoms with Crippen molar-refractivity contribution in [3.05, 3.63) is 23.6 Å². The summed E-state index contributed by atoms with van der Waals surface area (Å²) < 4.78 is 4.80. The summed E-state index contributed by atoms with van der Waals surface area (Å²) in [6, 6.07) is 0. The SMILES string of the molecule is CCOC(=O)[C@](C)(O)C1C=CC=CS1. The van der Waals surface area contributed by atoms with Crippen molar-refractivity contribution in [1.82, 2.24) is 0 Å². The Morgan fingerprint density at radius 1 is 1.64 bits per heavy atom. The molecule has 0 aromatic heterocycles. The van der Waals surface area contributed by atoms with E-state index in [9.17, 15) is 9.90 Å². The quantitative estimate of drug-likeness (QED) is 0.723. The molecule has 1 heterocycles. The number of carbonyl (C=O) groups excluding carboxylic acids is 1. The van der Waals surface area contributed by atoms with Gasteiger partial charge < -0.3 is 9.84 Å². The summed E-state index contributed by atoms with van der Waals surface area (Å²) in [7, 11) is 0. The Hall–Kier alpha value is -0.740. The number of allylic oxidation sites excluding steroid dienone is 2. The van der Waals surface area contributed by atoms with Gasteiger partial charge in [0.05, 0.1) is 11.9 Å². The molecule has 0 saturated heterocycles. The molecule has 0 bridgehead atoms. The van der Waals surface area contributed by atoms with Crippen molar-refractivity contribution in [2.45, 2.75) is 24.7 Å². The van der Waals surface area contributed by atoms with E-state index in [2.05, 4.69) is 0 Å². The molecule has 0 aliphatic carbocycles. The smallest absolute Gasteiger partial charge is 0.339 e. The molecule has 1 aliphatic heterocycles. The average molecular weight is 214 g/mol. The fourth-order valence-corrected chi connectivity index (χ4v) is 1.99. The Morgan fingerprint density at radius 2 is 2.36 bits per heavy atom. The van der Waals surface area contributed by atoms with Gasteiger partial charge in [0, 0.05) is 0 Å². The maximum Gasteiger partial charge on any atom is 0.339 e. The number of hydrogen-bond acceptors (Lipinski definition) is 4. The van der Waals surface area contributed by atoms with E-state index in [-0.39, 0.29) is 11.9 Å². The summed E-state index contributed by atoms with van der Waals surface area (Å²) in [4.78, 5) is 11.4. The van der Waals surface area contributed by atoms with Crippen molar-refractivity contribution in [3.63, 3.8) is 0 Å². The predicted molar refractivity (Wildman–Crippen MR) is 56.9 cm³/mol. The normalized spacial score (nSPS) is 24.4. The zero-order valence-corrected chi connectivity index (χ0v) is 9.08. The van der Waals surface area contributed by atoms with Crippen LogP contribution in [0.2, 0.25) is 0 Å².